The number of aryl methyl sites for hydroxylation is 1. The van der Waals surface area contributed by atoms with Gasteiger partial charge in [0.15, 0.2) is 5.82 Å². The summed E-state index contributed by atoms with van der Waals surface area (Å²) in [4.78, 5) is 16.4. The zero-order chi connectivity index (χ0) is 17.8. The van der Waals surface area contributed by atoms with E-state index >= 15 is 0 Å². The molecule has 3 N–H and O–H groups in total. The molecular weight excluding hydrogens is 327 g/mol. The molecule has 0 aliphatic heterocycles. The van der Waals surface area contributed by atoms with Crippen LogP contribution >= 0.6 is 0 Å². The molecule has 3 rings (SSSR count). The van der Waals surface area contributed by atoms with Crippen molar-refractivity contribution in [3.63, 3.8) is 0 Å². The Morgan fingerprint density at radius 2 is 2.16 bits per heavy atom. The number of hydrogen-bond acceptors (Lipinski definition) is 5. The zero-order valence-corrected chi connectivity index (χ0v) is 13.7. The van der Waals surface area contributed by atoms with Gasteiger partial charge in [-0.25, -0.2) is 9.37 Å². The predicted octanol–water partition coefficient (Wildman–Crippen LogP) is 2.05. The molecule has 2 aromatic heterocycles. The van der Waals surface area contributed by atoms with E-state index in [1.807, 2.05) is 0 Å². The van der Waals surface area contributed by atoms with Crippen LogP contribution in [0.1, 0.15) is 40.8 Å². The largest absolute Gasteiger partial charge is 0.487 e. The number of rotatable bonds is 6. The van der Waals surface area contributed by atoms with E-state index in [0.29, 0.717) is 23.1 Å². The number of carbonyl (C=O) groups is 1. The second kappa shape index (κ2) is 7.12. The molecule has 0 spiro atoms. The van der Waals surface area contributed by atoms with Gasteiger partial charge in [0.05, 0.1) is 11.7 Å². The molecule has 3 aromatic rings. The number of halogens is 1. The van der Waals surface area contributed by atoms with Crippen LogP contribution in [0.4, 0.5) is 4.39 Å². The average Bonchev–Trinajstić information content (AvgIpc) is 3.22. The van der Waals surface area contributed by atoms with Crippen molar-refractivity contribution in [1.29, 1.82) is 0 Å². The van der Waals surface area contributed by atoms with Gasteiger partial charge in [-0.15, -0.1) is 0 Å². The van der Waals surface area contributed by atoms with Crippen LogP contribution in [0.25, 0.3) is 0 Å². The lowest BCUT2D eigenvalue weighted by molar-refractivity contribution is 0.0933. The Morgan fingerprint density at radius 3 is 2.88 bits per heavy atom. The number of carbonyl (C=O) groups excluding carboxylic acids is 1. The van der Waals surface area contributed by atoms with E-state index in [1.54, 1.807) is 32.0 Å². The third-order valence-corrected chi connectivity index (χ3v) is 3.40. The smallest absolute Gasteiger partial charge is 0.272 e. The summed E-state index contributed by atoms with van der Waals surface area (Å²) in [6.07, 6.45) is 0. The van der Waals surface area contributed by atoms with Gasteiger partial charge in [-0.1, -0.05) is 6.07 Å². The first-order valence-electron chi connectivity index (χ1n) is 7.63. The Bertz CT molecular complexity index is 875. The molecule has 0 bridgehead atoms. The summed E-state index contributed by atoms with van der Waals surface area (Å²) in [5, 5.41) is 16.2. The lowest BCUT2D eigenvalue weighted by Crippen LogP contribution is -2.27. The topological polar surface area (TPSA) is 109 Å². The van der Waals surface area contributed by atoms with Crippen molar-refractivity contribution in [1.82, 2.24) is 30.7 Å². The molecule has 0 aliphatic carbocycles. The molecule has 130 valence electrons. The van der Waals surface area contributed by atoms with Crippen molar-refractivity contribution in [3.8, 4) is 5.75 Å². The van der Waals surface area contributed by atoms with E-state index < -0.39 is 0 Å². The molecule has 0 saturated carbocycles. The van der Waals surface area contributed by atoms with Crippen LogP contribution in [-0.2, 0) is 6.61 Å². The maximum atomic E-state index is 13.1. The number of aromatic amines is 2. The fourth-order valence-electron chi connectivity index (χ4n) is 2.16. The molecule has 8 nitrogen and oxygen atoms in total. The third kappa shape index (κ3) is 4.19. The van der Waals surface area contributed by atoms with Crippen molar-refractivity contribution < 1.29 is 13.9 Å². The highest BCUT2D eigenvalue weighted by Gasteiger charge is 2.17. The molecule has 1 aromatic carbocycles. The minimum absolute atomic E-state index is 0.138. The number of ether oxygens (including phenoxy) is 1. The van der Waals surface area contributed by atoms with Crippen molar-refractivity contribution in [2.45, 2.75) is 26.5 Å². The van der Waals surface area contributed by atoms with Gasteiger partial charge in [0.25, 0.3) is 5.91 Å². The van der Waals surface area contributed by atoms with E-state index in [9.17, 15) is 9.18 Å². The Hall–Kier alpha value is -3.23. The highest BCUT2D eigenvalue weighted by Crippen LogP contribution is 2.14. The van der Waals surface area contributed by atoms with Gasteiger partial charge in [-0.2, -0.15) is 10.2 Å². The van der Waals surface area contributed by atoms with E-state index in [4.69, 9.17) is 4.74 Å². The molecular formula is C16H17FN6O2. The minimum Gasteiger partial charge on any atom is -0.487 e. The highest BCUT2D eigenvalue weighted by atomic mass is 19.1. The van der Waals surface area contributed by atoms with Crippen LogP contribution in [0.2, 0.25) is 0 Å². The van der Waals surface area contributed by atoms with Crippen LogP contribution in [-0.4, -0.2) is 31.3 Å². The van der Waals surface area contributed by atoms with Crippen molar-refractivity contribution in [3.05, 3.63) is 59.2 Å². The quantitative estimate of drug-likeness (QED) is 0.634. The monoisotopic (exact) mass is 344 g/mol. The SMILES string of the molecule is Cc1nc(C(C)NC(=O)c2cc(COc3cccc(F)c3)[nH]n2)n[nH]1. The van der Waals surface area contributed by atoms with E-state index in [2.05, 4.69) is 30.7 Å². The molecule has 0 saturated heterocycles. The summed E-state index contributed by atoms with van der Waals surface area (Å²) < 4.78 is 18.6. The molecule has 0 aliphatic rings. The Balaban J connectivity index is 1.57. The van der Waals surface area contributed by atoms with Crippen LogP contribution in [0.5, 0.6) is 5.75 Å². The molecule has 25 heavy (non-hydrogen) atoms. The standard InChI is InChI=1S/C16H17FN6O2/c1-9(15-19-10(2)20-23-15)18-16(24)14-7-12(21-22-14)8-25-13-5-3-4-11(17)6-13/h3-7,9H,8H2,1-2H3,(H,18,24)(H,21,22)(H,19,20,23). The van der Waals surface area contributed by atoms with E-state index in [0.717, 1.165) is 0 Å². The summed E-state index contributed by atoms with van der Waals surface area (Å²) in [5.74, 6) is 0.833. The second-order valence-corrected chi connectivity index (χ2v) is 5.50. The fourth-order valence-corrected chi connectivity index (χ4v) is 2.16. The summed E-state index contributed by atoms with van der Waals surface area (Å²) in [6.45, 7) is 3.70. The predicted molar refractivity (Wildman–Crippen MR) is 86.3 cm³/mol. The number of benzene rings is 1. The highest BCUT2D eigenvalue weighted by molar-refractivity contribution is 5.92. The second-order valence-electron chi connectivity index (χ2n) is 5.50. The molecule has 2 heterocycles. The number of nitrogens with zero attached hydrogens (tertiary/aromatic N) is 3. The van der Waals surface area contributed by atoms with Gasteiger partial charge in [-0.3, -0.25) is 15.0 Å². The summed E-state index contributed by atoms with van der Waals surface area (Å²) in [7, 11) is 0. The average molecular weight is 344 g/mol. The molecule has 1 amide bonds. The van der Waals surface area contributed by atoms with E-state index in [1.165, 1.54) is 12.1 Å². The zero-order valence-electron chi connectivity index (χ0n) is 13.7. The third-order valence-electron chi connectivity index (χ3n) is 3.40. The minimum atomic E-state index is -0.377. The Kier molecular flexibility index (Phi) is 4.73. The fraction of sp³-hybridized carbons (Fsp3) is 0.250. The van der Waals surface area contributed by atoms with Gasteiger partial charge in [0.1, 0.15) is 29.7 Å². The first kappa shape index (κ1) is 16.6. The summed E-state index contributed by atoms with van der Waals surface area (Å²) in [5.41, 5.74) is 0.813. The van der Waals surface area contributed by atoms with Crippen LogP contribution in [0, 0.1) is 12.7 Å². The van der Waals surface area contributed by atoms with Crippen LogP contribution in [0.3, 0.4) is 0 Å². The van der Waals surface area contributed by atoms with E-state index in [-0.39, 0.29) is 30.1 Å². The van der Waals surface area contributed by atoms with Gasteiger partial charge in [0, 0.05) is 6.07 Å². The molecule has 1 unspecified atom stereocenters. The van der Waals surface area contributed by atoms with Gasteiger partial charge in [-0.05, 0) is 32.0 Å². The number of nitrogens with one attached hydrogen (secondary N) is 3. The Morgan fingerprint density at radius 1 is 1.32 bits per heavy atom. The number of hydrogen-bond donors (Lipinski definition) is 3. The first-order valence-corrected chi connectivity index (χ1v) is 7.63. The lowest BCUT2D eigenvalue weighted by atomic mass is 10.3. The van der Waals surface area contributed by atoms with Crippen molar-refractivity contribution >= 4 is 5.91 Å². The number of H-pyrrole nitrogens is 2. The first-order chi connectivity index (χ1) is 12.0. The maximum Gasteiger partial charge on any atom is 0.272 e. The summed E-state index contributed by atoms with van der Waals surface area (Å²) >= 11 is 0. The van der Waals surface area contributed by atoms with Gasteiger partial charge in [0.2, 0.25) is 0 Å². The normalized spacial score (nSPS) is 12.0. The van der Waals surface area contributed by atoms with Crippen molar-refractivity contribution in [2.75, 3.05) is 0 Å². The molecule has 9 heteroatoms. The molecule has 0 fully saturated rings. The van der Waals surface area contributed by atoms with Gasteiger partial charge < -0.3 is 10.1 Å². The number of amides is 1. The Labute approximate surface area is 142 Å². The maximum absolute atomic E-state index is 13.1. The number of aromatic nitrogens is 5. The van der Waals surface area contributed by atoms with Gasteiger partial charge >= 0.3 is 0 Å². The van der Waals surface area contributed by atoms with Crippen LogP contribution in [0.15, 0.2) is 30.3 Å². The summed E-state index contributed by atoms with van der Waals surface area (Å²) in [6, 6.07) is 7.04. The lowest BCUT2D eigenvalue weighted by Gasteiger charge is -2.08. The molecule has 1 atom stereocenters. The van der Waals surface area contributed by atoms with Crippen LogP contribution < -0.4 is 10.1 Å². The van der Waals surface area contributed by atoms with Crippen molar-refractivity contribution in [2.24, 2.45) is 0 Å². The molecule has 0 radical (unpaired) electrons.